The third-order valence-electron chi connectivity index (χ3n) is 1.28. The highest BCUT2D eigenvalue weighted by atomic mass is 32.2. The Morgan fingerprint density at radius 2 is 2.00 bits per heavy atom. The van der Waals surface area contributed by atoms with Crippen molar-refractivity contribution in [1.82, 2.24) is 4.72 Å². The first-order valence-electron chi connectivity index (χ1n) is 5.34. The van der Waals surface area contributed by atoms with Crippen LogP contribution in [0.4, 0.5) is 0 Å². The zero-order valence-corrected chi connectivity index (χ0v) is 10.1. The molecular formula is C9H21NO3S. The molecule has 0 saturated carbocycles. The first-order valence-corrected chi connectivity index (χ1v) is 6.17. The molecule has 4 nitrogen and oxygen atoms in total. The maximum Gasteiger partial charge on any atom is 0.336 e. The standard InChI is InChI=1S/C9H21NO3S/c1-5-6-7-8-13-14(11,12)10-9(2,3)4/h10H,5-8H2,1-4H3/i6D. The van der Waals surface area contributed by atoms with Gasteiger partial charge in [-0.25, -0.2) is 0 Å². The Bertz CT molecular complexity index is 272. The second-order valence-electron chi connectivity index (χ2n) is 4.11. The molecule has 0 aliphatic carbocycles. The SMILES string of the molecule is [2H]C(CC)CCOS(=O)(=O)NC(C)(C)C. The van der Waals surface area contributed by atoms with Gasteiger partial charge in [-0.3, -0.25) is 4.18 Å². The van der Waals surface area contributed by atoms with Gasteiger partial charge in [-0.1, -0.05) is 19.7 Å². The van der Waals surface area contributed by atoms with E-state index >= 15 is 0 Å². The average molecular weight is 224 g/mol. The summed E-state index contributed by atoms with van der Waals surface area (Å²) < 4.78 is 37.2. The highest BCUT2D eigenvalue weighted by Gasteiger charge is 2.19. The van der Waals surface area contributed by atoms with Crippen molar-refractivity contribution in [2.24, 2.45) is 0 Å². The molecule has 0 aromatic heterocycles. The van der Waals surface area contributed by atoms with Gasteiger partial charge in [-0.2, -0.15) is 13.1 Å². The summed E-state index contributed by atoms with van der Waals surface area (Å²) in [4.78, 5) is 0. The molecule has 0 aromatic carbocycles. The Balaban J connectivity index is 3.96. The Morgan fingerprint density at radius 3 is 2.43 bits per heavy atom. The molecule has 0 bridgehead atoms. The van der Waals surface area contributed by atoms with E-state index in [-0.39, 0.29) is 13.0 Å². The van der Waals surface area contributed by atoms with Gasteiger partial charge in [0.1, 0.15) is 0 Å². The van der Waals surface area contributed by atoms with Crippen LogP contribution in [-0.4, -0.2) is 20.6 Å². The molecule has 0 heterocycles. The maximum atomic E-state index is 11.3. The Labute approximate surface area is 88.7 Å². The third-order valence-corrected chi connectivity index (χ3v) is 2.62. The summed E-state index contributed by atoms with van der Waals surface area (Å²) in [5, 5.41) is 0. The smallest absolute Gasteiger partial charge is 0.258 e. The highest BCUT2D eigenvalue weighted by Crippen LogP contribution is 2.04. The zero-order chi connectivity index (χ0) is 12.1. The van der Waals surface area contributed by atoms with E-state index in [2.05, 4.69) is 4.72 Å². The van der Waals surface area contributed by atoms with Gasteiger partial charge in [-0.05, 0) is 27.2 Å². The van der Waals surface area contributed by atoms with Crippen LogP contribution in [0.25, 0.3) is 0 Å². The van der Waals surface area contributed by atoms with E-state index < -0.39 is 15.8 Å². The van der Waals surface area contributed by atoms with Crippen LogP contribution < -0.4 is 4.72 Å². The summed E-state index contributed by atoms with van der Waals surface area (Å²) in [6, 6.07) is 0. The molecule has 0 spiro atoms. The number of hydrogen-bond donors (Lipinski definition) is 1. The molecule has 86 valence electrons. The molecule has 0 radical (unpaired) electrons. The third kappa shape index (κ3) is 8.47. The van der Waals surface area contributed by atoms with E-state index in [0.717, 1.165) is 0 Å². The molecule has 0 aliphatic rings. The molecule has 0 amide bonds. The lowest BCUT2D eigenvalue weighted by Crippen LogP contribution is -2.41. The quantitative estimate of drug-likeness (QED) is 0.749. The van der Waals surface area contributed by atoms with Gasteiger partial charge in [0, 0.05) is 6.91 Å². The van der Waals surface area contributed by atoms with E-state index in [1.165, 1.54) is 0 Å². The molecule has 0 saturated heterocycles. The maximum absolute atomic E-state index is 11.3. The Kier molecular flexibility index (Phi) is 4.84. The lowest BCUT2D eigenvalue weighted by molar-refractivity contribution is 0.292. The van der Waals surface area contributed by atoms with Crippen LogP contribution >= 0.6 is 0 Å². The van der Waals surface area contributed by atoms with Crippen molar-refractivity contribution < 1.29 is 14.0 Å². The van der Waals surface area contributed by atoms with Crippen LogP contribution in [0.3, 0.4) is 0 Å². The minimum Gasteiger partial charge on any atom is -0.258 e. The van der Waals surface area contributed by atoms with Gasteiger partial charge in [0.2, 0.25) is 0 Å². The van der Waals surface area contributed by atoms with Gasteiger partial charge < -0.3 is 0 Å². The summed E-state index contributed by atoms with van der Waals surface area (Å²) in [6.07, 6.45) is 0.882. The second kappa shape index (κ2) is 5.68. The zero-order valence-electron chi connectivity index (χ0n) is 10.3. The largest absolute Gasteiger partial charge is 0.336 e. The van der Waals surface area contributed by atoms with Crippen LogP contribution in [0.1, 0.15) is 48.3 Å². The predicted molar refractivity (Wildman–Crippen MR) is 57.3 cm³/mol. The van der Waals surface area contributed by atoms with Crippen LogP contribution in [0.2, 0.25) is 0 Å². The summed E-state index contributed by atoms with van der Waals surface area (Å²) in [5.41, 5.74) is -0.538. The summed E-state index contributed by atoms with van der Waals surface area (Å²) in [6.45, 7) is 7.18. The van der Waals surface area contributed by atoms with E-state index in [9.17, 15) is 8.42 Å². The fraction of sp³-hybridized carbons (Fsp3) is 1.00. The topological polar surface area (TPSA) is 55.4 Å². The van der Waals surface area contributed by atoms with Gasteiger partial charge in [0.15, 0.2) is 0 Å². The van der Waals surface area contributed by atoms with Gasteiger partial charge in [0.25, 0.3) is 0 Å². The fourth-order valence-corrected chi connectivity index (χ4v) is 1.97. The molecule has 0 aromatic rings. The normalized spacial score (nSPS) is 16.4. The van der Waals surface area contributed by atoms with Crippen molar-refractivity contribution in [3.63, 3.8) is 0 Å². The molecule has 0 fully saturated rings. The molecule has 0 aliphatic heterocycles. The average Bonchev–Trinajstić information content (AvgIpc) is 1.98. The molecule has 14 heavy (non-hydrogen) atoms. The number of hydrogen-bond acceptors (Lipinski definition) is 3. The van der Waals surface area contributed by atoms with Crippen molar-refractivity contribution in [3.05, 3.63) is 0 Å². The predicted octanol–water partition coefficient (Wildman–Crippen LogP) is 1.83. The lowest BCUT2D eigenvalue weighted by atomic mass is 10.1. The minimum absolute atomic E-state index is 0.0629. The van der Waals surface area contributed by atoms with E-state index in [1.54, 1.807) is 20.8 Å². The molecule has 0 rings (SSSR count). The van der Waals surface area contributed by atoms with E-state index in [0.29, 0.717) is 12.8 Å². The van der Waals surface area contributed by atoms with Crippen LogP contribution in [-0.2, 0) is 14.5 Å². The van der Waals surface area contributed by atoms with Crippen molar-refractivity contribution in [1.29, 1.82) is 0 Å². The molecule has 1 atom stereocenters. The first-order chi connectivity index (χ1) is 6.66. The van der Waals surface area contributed by atoms with Crippen LogP contribution in [0, 0.1) is 0 Å². The summed E-state index contributed by atoms with van der Waals surface area (Å²) >= 11 is 0. The van der Waals surface area contributed by atoms with Gasteiger partial charge in [-0.15, -0.1) is 0 Å². The molecule has 1 N–H and O–H groups in total. The molecule has 5 heteroatoms. The Hall–Kier alpha value is -0.130. The summed E-state index contributed by atoms with van der Waals surface area (Å²) in [7, 11) is -3.68. The second-order valence-corrected chi connectivity index (χ2v) is 5.46. The fourth-order valence-electron chi connectivity index (χ4n) is 0.850. The Morgan fingerprint density at radius 1 is 1.43 bits per heavy atom. The highest BCUT2D eigenvalue weighted by molar-refractivity contribution is 7.84. The van der Waals surface area contributed by atoms with Crippen molar-refractivity contribution in [2.75, 3.05) is 6.61 Å². The molecule has 1 unspecified atom stereocenters. The first kappa shape index (κ1) is 11.9. The van der Waals surface area contributed by atoms with Crippen LogP contribution in [0.5, 0.6) is 0 Å². The monoisotopic (exact) mass is 224 g/mol. The summed E-state index contributed by atoms with van der Waals surface area (Å²) in [5.74, 6) is 0. The van der Waals surface area contributed by atoms with Crippen molar-refractivity contribution in [2.45, 2.75) is 52.5 Å². The van der Waals surface area contributed by atoms with Gasteiger partial charge >= 0.3 is 10.3 Å². The van der Waals surface area contributed by atoms with E-state index in [1.807, 2.05) is 6.92 Å². The van der Waals surface area contributed by atoms with Crippen molar-refractivity contribution in [3.8, 4) is 0 Å². The lowest BCUT2D eigenvalue weighted by Gasteiger charge is -2.19. The number of rotatable bonds is 6. The minimum atomic E-state index is -3.68. The number of nitrogens with one attached hydrogen (secondary N) is 1. The van der Waals surface area contributed by atoms with Crippen molar-refractivity contribution >= 4 is 10.3 Å². The van der Waals surface area contributed by atoms with Gasteiger partial charge in [0.05, 0.1) is 6.61 Å². The molecular weight excluding hydrogens is 202 g/mol. The van der Waals surface area contributed by atoms with E-state index in [4.69, 9.17) is 5.55 Å². The van der Waals surface area contributed by atoms with Crippen LogP contribution in [0.15, 0.2) is 0 Å².